The van der Waals surface area contributed by atoms with Gasteiger partial charge in [0.15, 0.2) is 0 Å². The Bertz CT molecular complexity index is 367. The molecule has 1 amide bonds. The third-order valence-corrected chi connectivity index (χ3v) is 3.06. The molecule has 0 aliphatic carbocycles. The summed E-state index contributed by atoms with van der Waals surface area (Å²) in [4.78, 5) is 11.7. The molecule has 0 aromatic heterocycles. The lowest BCUT2D eigenvalue weighted by Crippen LogP contribution is -2.33. The van der Waals surface area contributed by atoms with E-state index in [0.29, 0.717) is 13.2 Å². The van der Waals surface area contributed by atoms with Gasteiger partial charge >= 0.3 is 0 Å². The van der Waals surface area contributed by atoms with Crippen molar-refractivity contribution in [2.75, 3.05) is 26.2 Å². The number of nitrogens with one attached hydrogen (secondary N) is 2. The van der Waals surface area contributed by atoms with Crippen LogP contribution in [0.25, 0.3) is 0 Å². The molecule has 4 nitrogen and oxygen atoms in total. The van der Waals surface area contributed by atoms with Gasteiger partial charge < -0.3 is 15.4 Å². The lowest BCUT2D eigenvalue weighted by Gasteiger charge is -2.10. The molecule has 106 valence electrons. The molecule has 0 radical (unpaired) electrons. The summed E-state index contributed by atoms with van der Waals surface area (Å²) in [5, 5.41) is 6.14. The number of hydrogen-bond acceptors (Lipinski definition) is 3. The summed E-state index contributed by atoms with van der Waals surface area (Å²) in [7, 11) is 0. The average molecular weight is 285 g/mol. The van der Waals surface area contributed by atoms with E-state index >= 15 is 0 Å². The van der Waals surface area contributed by atoms with Crippen LogP contribution >= 0.6 is 12.4 Å². The quantitative estimate of drug-likeness (QED) is 0.780. The molecule has 1 aromatic carbocycles. The molecule has 2 rings (SSSR count). The van der Waals surface area contributed by atoms with Gasteiger partial charge in [-0.25, -0.2) is 0 Å². The summed E-state index contributed by atoms with van der Waals surface area (Å²) in [6.45, 7) is 3.08. The van der Waals surface area contributed by atoms with Gasteiger partial charge in [0, 0.05) is 13.1 Å². The number of para-hydroxylation sites is 1. The minimum Gasteiger partial charge on any atom is -0.494 e. The number of amides is 1. The van der Waals surface area contributed by atoms with E-state index in [1.807, 2.05) is 30.3 Å². The Labute approximate surface area is 120 Å². The lowest BCUT2D eigenvalue weighted by molar-refractivity contribution is -0.124. The number of carbonyl (C=O) groups excluding carboxylic acids is 1. The highest BCUT2D eigenvalue weighted by Gasteiger charge is 2.21. The Hall–Kier alpha value is -1.26. The molecule has 1 saturated heterocycles. The van der Waals surface area contributed by atoms with Crippen molar-refractivity contribution in [3.05, 3.63) is 30.3 Å². The Kier molecular flexibility index (Phi) is 7.30. The maximum Gasteiger partial charge on any atom is 0.224 e. The molecule has 1 heterocycles. The predicted molar refractivity (Wildman–Crippen MR) is 77.8 cm³/mol. The first-order valence-corrected chi connectivity index (χ1v) is 6.52. The second kappa shape index (κ2) is 8.77. The Balaban J connectivity index is 0.00000180. The third kappa shape index (κ3) is 5.49. The van der Waals surface area contributed by atoms with E-state index in [2.05, 4.69) is 10.6 Å². The minimum atomic E-state index is 0. The second-order valence-electron chi connectivity index (χ2n) is 4.50. The van der Waals surface area contributed by atoms with Gasteiger partial charge in [0.05, 0.1) is 12.5 Å². The van der Waals surface area contributed by atoms with E-state index in [0.717, 1.165) is 31.7 Å². The SMILES string of the molecule is Cl.O=C(NCCCOc1ccccc1)C1CCNC1. The highest BCUT2D eigenvalue weighted by molar-refractivity contribution is 5.85. The van der Waals surface area contributed by atoms with Gasteiger partial charge in [0.1, 0.15) is 5.75 Å². The highest BCUT2D eigenvalue weighted by Crippen LogP contribution is 2.08. The molecular weight excluding hydrogens is 264 g/mol. The molecule has 1 unspecified atom stereocenters. The van der Waals surface area contributed by atoms with Gasteiger partial charge in [0.25, 0.3) is 0 Å². The van der Waals surface area contributed by atoms with Crippen LogP contribution in [0.4, 0.5) is 0 Å². The van der Waals surface area contributed by atoms with E-state index in [1.54, 1.807) is 0 Å². The van der Waals surface area contributed by atoms with Crippen LogP contribution in [0.15, 0.2) is 30.3 Å². The van der Waals surface area contributed by atoms with Crippen molar-refractivity contribution in [3.8, 4) is 5.75 Å². The van der Waals surface area contributed by atoms with Gasteiger partial charge in [-0.15, -0.1) is 12.4 Å². The Morgan fingerprint density at radius 1 is 1.37 bits per heavy atom. The van der Waals surface area contributed by atoms with Crippen molar-refractivity contribution in [3.63, 3.8) is 0 Å². The number of ether oxygens (including phenoxy) is 1. The van der Waals surface area contributed by atoms with Crippen LogP contribution in [0.2, 0.25) is 0 Å². The maximum atomic E-state index is 11.7. The Morgan fingerprint density at radius 3 is 2.84 bits per heavy atom. The third-order valence-electron chi connectivity index (χ3n) is 3.06. The molecule has 0 spiro atoms. The fourth-order valence-corrected chi connectivity index (χ4v) is 2.01. The molecule has 0 saturated carbocycles. The zero-order chi connectivity index (χ0) is 12.6. The summed E-state index contributed by atoms with van der Waals surface area (Å²) in [5.74, 6) is 1.20. The standard InChI is InChI=1S/C14H20N2O2.ClH/c17-14(12-7-9-15-11-12)16-8-4-10-18-13-5-2-1-3-6-13;/h1-3,5-6,12,15H,4,7-11H2,(H,16,17);1H. The molecule has 1 aliphatic heterocycles. The van der Waals surface area contributed by atoms with Gasteiger partial charge in [0.2, 0.25) is 5.91 Å². The minimum absolute atomic E-state index is 0. The van der Waals surface area contributed by atoms with Gasteiger partial charge in [-0.3, -0.25) is 4.79 Å². The van der Waals surface area contributed by atoms with Crippen molar-refractivity contribution >= 4 is 18.3 Å². The summed E-state index contributed by atoms with van der Waals surface area (Å²) in [6, 6.07) is 9.72. The molecule has 1 atom stereocenters. The van der Waals surface area contributed by atoms with Crippen LogP contribution in [0.5, 0.6) is 5.75 Å². The Morgan fingerprint density at radius 2 is 2.16 bits per heavy atom. The first-order chi connectivity index (χ1) is 8.86. The number of rotatable bonds is 6. The van der Waals surface area contributed by atoms with E-state index in [-0.39, 0.29) is 24.2 Å². The normalized spacial score (nSPS) is 17.6. The number of benzene rings is 1. The lowest BCUT2D eigenvalue weighted by atomic mass is 10.1. The van der Waals surface area contributed by atoms with E-state index < -0.39 is 0 Å². The van der Waals surface area contributed by atoms with E-state index in [4.69, 9.17) is 4.74 Å². The smallest absolute Gasteiger partial charge is 0.224 e. The van der Waals surface area contributed by atoms with Crippen molar-refractivity contribution in [2.45, 2.75) is 12.8 Å². The number of halogens is 1. The maximum absolute atomic E-state index is 11.7. The molecule has 1 fully saturated rings. The fraction of sp³-hybridized carbons (Fsp3) is 0.500. The highest BCUT2D eigenvalue weighted by atomic mass is 35.5. The van der Waals surface area contributed by atoms with E-state index in [1.165, 1.54) is 0 Å². The average Bonchev–Trinajstić information content (AvgIpc) is 2.93. The van der Waals surface area contributed by atoms with Crippen LogP contribution < -0.4 is 15.4 Å². The van der Waals surface area contributed by atoms with Gasteiger partial charge in [-0.1, -0.05) is 18.2 Å². The molecule has 1 aliphatic rings. The molecule has 0 bridgehead atoms. The van der Waals surface area contributed by atoms with Crippen LogP contribution in [0, 0.1) is 5.92 Å². The molecule has 5 heteroatoms. The van der Waals surface area contributed by atoms with E-state index in [9.17, 15) is 4.79 Å². The topological polar surface area (TPSA) is 50.4 Å². The summed E-state index contributed by atoms with van der Waals surface area (Å²) >= 11 is 0. The largest absolute Gasteiger partial charge is 0.494 e. The van der Waals surface area contributed by atoms with Crippen molar-refractivity contribution < 1.29 is 9.53 Å². The monoisotopic (exact) mass is 284 g/mol. The summed E-state index contributed by atoms with van der Waals surface area (Å²) < 4.78 is 5.55. The molecule has 19 heavy (non-hydrogen) atoms. The number of hydrogen-bond donors (Lipinski definition) is 2. The first-order valence-electron chi connectivity index (χ1n) is 6.52. The summed E-state index contributed by atoms with van der Waals surface area (Å²) in [5.41, 5.74) is 0. The van der Waals surface area contributed by atoms with Crippen molar-refractivity contribution in [2.24, 2.45) is 5.92 Å². The second-order valence-corrected chi connectivity index (χ2v) is 4.50. The zero-order valence-electron chi connectivity index (χ0n) is 10.9. The van der Waals surface area contributed by atoms with Gasteiger partial charge in [-0.05, 0) is 31.5 Å². The molecule has 2 N–H and O–H groups in total. The molecular formula is C14H21ClN2O2. The van der Waals surface area contributed by atoms with Crippen LogP contribution in [0.1, 0.15) is 12.8 Å². The van der Waals surface area contributed by atoms with Crippen molar-refractivity contribution in [1.82, 2.24) is 10.6 Å². The number of carbonyl (C=O) groups is 1. The van der Waals surface area contributed by atoms with Crippen LogP contribution in [-0.2, 0) is 4.79 Å². The molecule has 1 aromatic rings. The summed E-state index contributed by atoms with van der Waals surface area (Å²) in [6.07, 6.45) is 1.78. The fourth-order valence-electron chi connectivity index (χ4n) is 2.01. The predicted octanol–water partition coefficient (Wildman–Crippen LogP) is 1.60. The van der Waals surface area contributed by atoms with Crippen LogP contribution in [0.3, 0.4) is 0 Å². The van der Waals surface area contributed by atoms with Gasteiger partial charge in [-0.2, -0.15) is 0 Å². The van der Waals surface area contributed by atoms with Crippen LogP contribution in [-0.4, -0.2) is 32.1 Å². The van der Waals surface area contributed by atoms with Crippen molar-refractivity contribution in [1.29, 1.82) is 0 Å². The first kappa shape index (κ1) is 15.8. The zero-order valence-corrected chi connectivity index (χ0v) is 11.7.